The summed E-state index contributed by atoms with van der Waals surface area (Å²) in [6.45, 7) is 4.00. The van der Waals surface area contributed by atoms with Gasteiger partial charge in [0.15, 0.2) is 0 Å². The summed E-state index contributed by atoms with van der Waals surface area (Å²) in [7, 11) is 1.34. The summed E-state index contributed by atoms with van der Waals surface area (Å²) in [6.07, 6.45) is 1.81. The first-order chi connectivity index (χ1) is 7.24. The number of esters is 1. The normalized spacial score (nSPS) is 10.9. The lowest BCUT2D eigenvalue weighted by Crippen LogP contribution is -2.17. The summed E-state index contributed by atoms with van der Waals surface area (Å²) in [5.74, 6) is -0.321. The molecular formula is C11H18N2O2. The molecule has 84 valence electrons. The Kier molecular flexibility index (Phi) is 7.18. The summed E-state index contributed by atoms with van der Waals surface area (Å²) in [6, 6.07) is 5.04. The first-order valence-electron chi connectivity index (χ1n) is 4.97. The zero-order valence-corrected chi connectivity index (χ0v) is 9.43. The van der Waals surface area contributed by atoms with Gasteiger partial charge < -0.3 is 10.5 Å². The molecule has 15 heavy (non-hydrogen) atoms. The van der Waals surface area contributed by atoms with Crippen molar-refractivity contribution >= 4 is 5.97 Å². The molecule has 1 aromatic heterocycles. The minimum atomic E-state index is -0.381. The van der Waals surface area contributed by atoms with Crippen LogP contribution >= 0.6 is 0 Å². The van der Waals surface area contributed by atoms with Gasteiger partial charge in [0.2, 0.25) is 0 Å². The Morgan fingerprint density at radius 1 is 1.53 bits per heavy atom. The molecule has 1 rings (SSSR count). The third-order valence-corrected chi connectivity index (χ3v) is 1.68. The van der Waals surface area contributed by atoms with Crippen LogP contribution in [0, 0.1) is 0 Å². The van der Waals surface area contributed by atoms with Crippen molar-refractivity contribution < 1.29 is 9.53 Å². The van der Waals surface area contributed by atoms with Gasteiger partial charge in [-0.25, -0.2) is 0 Å². The number of aromatic nitrogens is 1. The molecule has 1 atom stereocenters. The fraction of sp³-hybridized carbons (Fsp3) is 0.455. The summed E-state index contributed by atoms with van der Waals surface area (Å²) < 4.78 is 4.50. The molecule has 0 radical (unpaired) electrons. The number of nitrogens with two attached hydrogens (primary N) is 1. The molecule has 1 unspecified atom stereocenters. The lowest BCUT2D eigenvalue weighted by atomic mass is 10.1. The predicted octanol–water partition coefficient (Wildman–Crippen LogP) is 1.67. The van der Waals surface area contributed by atoms with Crippen LogP contribution in [-0.2, 0) is 9.53 Å². The molecule has 0 aliphatic heterocycles. The molecule has 0 saturated heterocycles. The average Bonchev–Trinajstić information content (AvgIpc) is 2.32. The minimum absolute atomic E-state index is 0.160. The molecule has 0 aliphatic rings. The van der Waals surface area contributed by atoms with Gasteiger partial charge in [-0.15, -0.1) is 0 Å². The number of methoxy groups -OCH3 is 1. The third kappa shape index (κ3) is 5.12. The maximum atomic E-state index is 10.9. The van der Waals surface area contributed by atoms with Crippen LogP contribution in [0.3, 0.4) is 0 Å². The third-order valence-electron chi connectivity index (χ3n) is 1.68. The van der Waals surface area contributed by atoms with E-state index in [0.29, 0.717) is 5.69 Å². The molecule has 4 heteroatoms. The first kappa shape index (κ1) is 13.6. The Morgan fingerprint density at radius 2 is 2.20 bits per heavy atom. The Bertz CT molecular complexity index is 275. The standard InChI is InChI=1S/C9H12N2O2.C2H6/c1-13-9(12)6-7(10)8-4-2-3-5-11-8;1-2/h2-5,7H,6,10H2,1H3;1-2H3. The minimum Gasteiger partial charge on any atom is -0.469 e. The SMILES string of the molecule is CC.COC(=O)CC(N)c1ccccn1. The molecule has 0 aromatic carbocycles. The van der Waals surface area contributed by atoms with Gasteiger partial charge in [-0.1, -0.05) is 19.9 Å². The van der Waals surface area contributed by atoms with E-state index in [1.807, 2.05) is 19.9 Å². The van der Waals surface area contributed by atoms with Crippen molar-refractivity contribution in [3.8, 4) is 0 Å². The van der Waals surface area contributed by atoms with E-state index in [2.05, 4.69) is 9.72 Å². The van der Waals surface area contributed by atoms with Gasteiger partial charge in [0.05, 0.1) is 25.3 Å². The molecule has 0 amide bonds. The van der Waals surface area contributed by atoms with Crippen LogP contribution in [0.1, 0.15) is 32.0 Å². The Morgan fingerprint density at radius 3 is 2.67 bits per heavy atom. The molecule has 0 fully saturated rings. The zero-order valence-electron chi connectivity index (χ0n) is 9.43. The number of hydrogen-bond donors (Lipinski definition) is 1. The van der Waals surface area contributed by atoms with Gasteiger partial charge in [0, 0.05) is 6.20 Å². The number of nitrogens with zero attached hydrogens (tertiary/aromatic N) is 1. The summed E-state index contributed by atoms with van der Waals surface area (Å²) in [5, 5.41) is 0. The molecule has 0 saturated carbocycles. The lowest BCUT2D eigenvalue weighted by molar-refractivity contribution is -0.141. The lowest BCUT2D eigenvalue weighted by Gasteiger charge is -2.08. The second-order valence-corrected chi connectivity index (χ2v) is 2.64. The topological polar surface area (TPSA) is 65.2 Å². The van der Waals surface area contributed by atoms with Crippen molar-refractivity contribution in [1.82, 2.24) is 4.98 Å². The second kappa shape index (κ2) is 7.94. The maximum Gasteiger partial charge on any atom is 0.307 e. The first-order valence-corrected chi connectivity index (χ1v) is 4.97. The molecule has 0 bridgehead atoms. The Labute approximate surface area is 90.5 Å². The van der Waals surface area contributed by atoms with Gasteiger partial charge in [-0.05, 0) is 12.1 Å². The number of carbonyl (C=O) groups excluding carboxylic acids is 1. The predicted molar refractivity (Wildman–Crippen MR) is 59.1 cm³/mol. The van der Waals surface area contributed by atoms with Crippen LogP contribution in [0.15, 0.2) is 24.4 Å². The number of ether oxygens (including phenoxy) is 1. The molecule has 2 N–H and O–H groups in total. The van der Waals surface area contributed by atoms with E-state index in [0.717, 1.165) is 0 Å². The Hall–Kier alpha value is -1.42. The maximum absolute atomic E-state index is 10.9. The van der Waals surface area contributed by atoms with Crippen molar-refractivity contribution in [3.05, 3.63) is 30.1 Å². The largest absolute Gasteiger partial charge is 0.469 e. The molecule has 1 aromatic rings. The van der Waals surface area contributed by atoms with Crippen LogP contribution in [0.2, 0.25) is 0 Å². The van der Waals surface area contributed by atoms with Crippen molar-refractivity contribution in [2.75, 3.05) is 7.11 Å². The van der Waals surface area contributed by atoms with Crippen LogP contribution in [-0.4, -0.2) is 18.1 Å². The second-order valence-electron chi connectivity index (χ2n) is 2.64. The highest BCUT2D eigenvalue weighted by atomic mass is 16.5. The smallest absolute Gasteiger partial charge is 0.307 e. The van der Waals surface area contributed by atoms with Gasteiger partial charge in [-0.3, -0.25) is 9.78 Å². The Balaban J connectivity index is 0.000000921. The van der Waals surface area contributed by atoms with Gasteiger partial charge in [-0.2, -0.15) is 0 Å². The van der Waals surface area contributed by atoms with E-state index in [1.165, 1.54) is 7.11 Å². The average molecular weight is 210 g/mol. The highest BCUT2D eigenvalue weighted by Crippen LogP contribution is 2.10. The van der Waals surface area contributed by atoms with Gasteiger partial charge >= 0.3 is 5.97 Å². The quantitative estimate of drug-likeness (QED) is 0.771. The number of pyridine rings is 1. The highest BCUT2D eigenvalue weighted by molar-refractivity contribution is 5.70. The van der Waals surface area contributed by atoms with E-state index >= 15 is 0 Å². The van der Waals surface area contributed by atoms with Crippen LogP contribution < -0.4 is 5.73 Å². The molecule has 4 nitrogen and oxygen atoms in total. The van der Waals surface area contributed by atoms with E-state index in [1.54, 1.807) is 18.3 Å². The molecular weight excluding hydrogens is 192 g/mol. The van der Waals surface area contributed by atoms with Crippen molar-refractivity contribution in [3.63, 3.8) is 0 Å². The fourth-order valence-corrected chi connectivity index (χ4v) is 0.963. The van der Waals surface area contributed by atoms with Gasteiger partial charge in [0.1, 0.15) is 0 Å². The van der Waals surface area contributed by atoms with Crippen LogP contribution in [0.25, 0.3) is 0 Å². The van der Waals surface area contributed by atoms with E-state index in [9.17, 15) is 4.79 Å². The summed E-state index contributed by atoms with van der Waals surface area (Å²) in [5.41, 5.74) is 6.41. The fourth-order valence-electron chi connectivity index (χ4n) is 0.963. The summed E-state index contributed by atoms with van der Waals surface area (Å²) >= 11 is 0. The van der Waals surface area contributed by atoms with Crippen molar-refractivity contribution in [2.24, 2.45) is 5.73 Å². The molecule has 1 heterocycles. The van der Waals surface area contributed by atoms with E-state index < -0.39 is 0 Å². The molecule has 0 aliphatic carbocycles. The van der Waals surface area contributed by atoms with E-state index in [4.69, 9.17) is 5.73 Å². The molecule has 0 spiro atoms. The van der Waals surface area contributed by atoms with Crippen LogP contribution in [0.5, 0.6) is 0 Å². The number of carbonyl (C=O) groups is 1. The van der Waals surface area contributed by atoms with Gasteiger partial charge in [0.25, 0.3) is 0 Å². The van der Waals surface area contributed by atoms with Crippen LogP contribution in [0.4, 0.5) is 0 Å². The summed E-state index contributed by atoms with van der Waals surface area (Å²) in [4.78, 5) is 14.9. The monoisotopic (exact) mass is 210 g/mol. The van der Waals surface area contributed by atoms with Crippen molar-refractivity contribution in [1.29, 1.82) is 0 Å². The highest BCUT2D eigenvalue weighted by Gasteiger charge is 2.11. The van der Waals surface area contributed by atoms with Crippen molar-refractivity contribution in [2.45, 2.75) is 26.3 Å². The number of hydrogen-bond acceptors (Lipinski definition) is 4. The van der Waals surface area contributed by atoms with E-state index in [-0.39, 0.29) is 18.4 Å². The zero-order chi connectivity index (χ0) is 11.7. The number of rotatable bonds is 3.